The van der Waals surface area contributed by atoms with Crippen LogP contribution in [0.4, 0.5) is 13.2 Å². The number of hydrogen-bond donors (Lipinski definition) is 4. The maximum Gasteiger partial charge on any atom is 0.328 e. The normalized spacial score (nSPS) is 12.5. The van der Waals surface area contributed by atoms with Gasteiger partial charge in [0.25, 0.3) is 0 Å². The van der Waals surface area contributed by atoms with Gasteiger partial charge in [0.1, 0.15) is 5.82 Å². The first kappa shape index (κ1) is 26.4. The Morgan fingerprint density at radius 3 is 1.94 bits per heavy atom. The van der Waals surface area contributed by atoms with Crippen LogP contribution in [0.25, 0.3) is 0 Å². The zero-order valence-corrected chi connectivity index (χ0v) is 17.0. The van der Waals surface area contributed by atoms with Crippen LogP contribution in [-0.4, -0.2) is 39.3 Å². The largest absolute Gasteiger partial charge is 0.481 e. The fraction of sp³-hybridized carbons (Fsp3) is 0.227. The number of halogens is 3. The summed E-state index contributed by atoms with van der Waals surface area (Å²) >= 11 is 0. The van der Waals surface area contributed by atoms with E-state index in [1.807, 2.05) is 37.3 Å². The molecule has 32 heavy (non-hydrogen) atoms. The van der Waals surface area contributed by atoms with Crippen LogP contribution in [0.15, 0.2) is 54.6 Å². The second-order valence-corrected chi connectivity index (χ2v) is 6.67. The van der Waals surface area contributed by atoms with Gasteiger partial charge in [-0.05, 0) is 30.5 Å². The molecular formula is C22H22F3NO6. The average molecular weight is 453 g/mol. The summed E-state index contributed by atoms with van der Waals surface area (Å²) in [5.41, 5.74) is 0.881. The number of carboxylic acid groups (broad SMARTS) is 3. The summed E-state index contributed by atoms with van der Waals surface area (Å²) in [6, 6.07) is 9.78. The summed E-state index contributed by atoms with van der Waals surface area (Å²) in [5, 5.41) is 27.8. The molecule has 0 aliphatic heterocycles. The Morgan fingerprint density at radius 1 is 0.906 bits per heavy atom. The number of aliphatic carboxylic acids is 3. The number of carboxylic acids is 3. The van der Waals surface area contributed by atoms with Crippen molar-refractivity contribution in [2.24, 2.45) is 0 Å². The molecule has 0 heterocycles. The minimum atomic E-state index is -1.27. The zero-order valence-electron chi connectivity index (χ0n) is 17.0. The molecule has 0 radical (unpaired) electrons. The van der Waals surface area contributed by atoms with Gasteiger partial charge in [0.15, 0.2) is 11.6 Å². The van der Waals surface area contributed by atoms with Crippen LogP contribution in [-0.2, 0) is 20.8 Å². The van der Waals surface area contributed by atoms with E-state index in [0.717, 1.165) is 11.6 Å². The van der Waals surface area contributed by atoms with Crippen molar-refractivity contribution in [1.82, 2.24) is 5.32 Å². The smallest absolute Gasteiger partial charge is 0.328 e. The van der Waals surface area contributed by atoms with Crippen molar-refractivity contribution in [2.75, 3.05) is 0 Å². The van der Waals surface area contributed by atoms with Gasteiger partial charge in [-0.15, -0.1) is 0 Å². The molecule has 172 valence electrons. The summed E-state index contributed by atoms with van der Waals surface area (Å²) in [5.74, 6) is -6.89. The van der Waals surface area contributed by atoms with E-state index in [9.17, 15) is 27.6 Å². The maximum atomic E-state index is 13.8. The molecule has 2 aromatic carbocycles. The van der Waals surface area contributed by atoms with Gasteiger partial charge in [0.2, 0.25) is 0 Å². The Labute approximate surface area is 181 Å². The average Bonchev–Trinajstić information content (AvgIpc) is 2.71. The first-order valence-corrected chi connectivity index (χ1v) is 9.29. The van der Waals surface area contributed by atoms with Crippen LogP contribution in [0.2, 0.25) is 0 Å². The highest BCUT2D eigenvalue weighted by atomic mass is 19.2. The van der Waals surface area contributed by atoms with Crippen molar-refractivity contribution in [2.45, 2.75) is 31.8 Å². The summed E-state index contributed by atoms with van der Waals surface area (Å²) in [6.07, 6.45) is 0.785. The second kappa shape index (κ2) is 12.9. The minimum absolute atomic E-state index is 0.0621. The molecule has 0 aromatic heterocycles. The number of nitrogens with one attached hydrogen (secondary N) is 1. The summed E-state index contributed by atoms with van der Waals surface area (Å²) in [6.45, 7) is 1.85. The molecular weight excluding hydrogens is 431 g/mol. The lowest BCUT2D eigenvalue weighted by atomic mass is 10.00. The Hall–Kier alpha value is -3.66. The molecule has 0 aliphatic rings. The SMILES string of the molecule is C[C@@H](N[C@H](CC(=O)O)Cc1cc(F)c(F)cc1F)c1ccccc1.O=C(O)/C=C\C(=O)O. The van der Waals surface area contributed by atoms with E-state index >= 15 is 0 Å². The third-order valence-corrected chi connectivity index (χ3v) is 4.13. The van der Waals surface area contributed by atoms with Gasteiger partial charge in [-0.1, -0.05) is 30.3 Å². The quantitative estimate of drug-likeness (QED) is 0.338. The van der Waals surface area contributed by atoms with E-state index in [4.69, 9.17) is 15.3 Å². The number of benzene rings is 2. The van der Waals surface area contributed by atoms with Gasteiger partial charge in [0, 0.05) is 30.3 Å². The molecule has 0 aliphatic carbocycles. The van der Waals surface area contributed by atoms with Crippen LogP contribution in [0.5, 0.6) is 0 Å². The van der Waals surface area contributed by atoms with E-state index in [1.165, 1.54) is 0 Å². The van der Waals surface area contributed by atoms with Gasteiger partial charge < -0.3 is 20.6 Å². The van der Waals surface area contributed by atoms with Gasteiger partial charge in [-0.25, -0.2) is 22.8 Å². The molecule has 0 saturated carbocycles. The molecule has 7 nitrogen and oxygen atoms in total. The molecule has 2 aromatic rings. The highest BCUT2D eigenvalue weighted by Gasteiger charge is 2.20. The van der Waals surface area contributed by atoms with Crippen molar-refractivity contribution in [3.05, 3.63) is 83.2 Å². The van der Waals surface area contributed by atoms with E-state index < -0.39 is 41.4 Å². The Bertz CT molecular complexity index is 950. The first-order valence-electron chi connectivity index (χ1n) is 9.29. The van der Waals surface area contributed by atoms with E-state index in [0.29, 0.717) is 18.2 Å². The van der Waals surface area contributed by atoms with Crippen molar-refractivity contribution in [3.63, 3.8) is 0 Å². The molecule has 0 fully saturated rings. The van der Waals surface area contributed by atoms with Crippen molar-refractivity contribution in [3.8, 4) is 0 Å². The summed E-state index contributed by atoms with van der Waals surface area (Å²) < 4.78 is 40.1. The first-order chi connectivity index (χ1) is 15.0. The predicted octanol–water partition coefficient (Wildman–Crippen LogP) is 3.55. The molecule has 0 spiro atoms. The molecule has 0 unspecified atom stereocenters. The lowest BCUT2D eigenvalue weighted by Crippen LogP contribution is -2.35. The topological polar surface area (TPSA) is 124 Å². The second-order valence-electron chi connectivity index (χ2n) is 6.67. The molecule has 4 N–H and O–H groups in total. The Kier molecular flexibility index (Phi) is 10.6. The Balaban J connectivity index is 0.000000547. The Morgan fingerprint density at radius 2 is 1.44 bits per heavy atom. The molecule has 2 atom stereocenters. The van der Waals surface area contributed by atoms with Gasteiger partial charge in [0.05, 0.1) is 6.42 Å². The third kappa shape index (κ3) is 9.90. The van der Waals surface area contributed by atoms with E-state index in [1.54, 1.807) is 0 Å². The number of carbonyl (C=O) groups is 3. The molecule has 2 rings (SSSR count). The number of rotatable bonds is 9. The zero-order chi connectivity index (χ0) is 24.3. The predicted molar refractivity (Wildman–Crippen MR) is 108 cm³/mol. The standard InChI is InChI=1S/C18H18F3NO2.C4H4O4/c1-11(12-5-3-2-4-6-12)22-14(9-18(23)24)7-13-8-16(20)17(21)10-15(13)19;5-3(6)1-2-4(7)8/h2-6,8,10-11,14,22H,7,9H2,1H3,(H,23,24);1-2H,(H,5,6)(H,7,8)/b;2-1-/t11-,14+;/m1./s1. The van der Waals surface area contributed by atoms with E-state index in [-0.39, 0.29) is 24.4 Å². The van der Waals surface area contributed by atoms with E-state index in [2.05, 4.69) is 5.32 Å². The fourth-order valence-electron chi connectivity index (χ4n) is 2.72. The molecule has 0 bridgehead atoms. The van der Waals surface area contributed by atoms with Crippen LogP contribution in [0.1, 0.15) is 30.5 Å². The summed E-state index contributed by atoms with van der Waals surface area (Å²) in [7, 11) is 0. The van der Waals surface area contributed by atoms with Crippen LogP contribution < -0.4 is 5.32 Å². The van der Waals surface area contributed by atoms with Crippen molar-refractivity contribution in [1.29, 1.82) is 0 Å². The highest BCUT2D eigenvalue weighted by molar-refractivity contribution is 5.89. The summed E-state index contributed by atoms with van der Waals surface area (Å²) in [4.78, 5) is 30.2. The van der Waals surface area contributed by atoms with Crippen LogP contribution >= 0.6 is 0 Å². The van der Waals surface area contributed by atoms with Crippen LogP contribution in [0.3, 0.4) is 0 Å². The van der Waals surface area contributed by atoms with Crippen LogP contribution in [0, 0.1) is 17.5 Å². The lowest BCUT2D eigenvalue weighted by Gasteiger charge is -2.23. The lowest BCUT2D eigenvalue weighted by molar-refractivity contribution is -0.137. The van der Waals surface area contributed by atoms with Crippen molar-refractivity contribution >= 4 is 17.9 Å². The van der Waals surface area contributed by atoms with Gasteiger partial charge >= 0.3 is 17.9 Å². The highest BCUT2D eigenvalue weighted by Crippen LogP contribution is 2.19. The molecule has 0 saturated heterocycles. The maximum absolute atomic E-state index is 13.8. The third-order valence-electron chi connectivity index (χ3n) is 4.13. The molecule has 10 heteroatoms. The number of hydrogen-bond acceptors (Lipinski definition) is 4. The van der Waals surface area contributed by atoms with Gasteiger partial charge in [-0.3, -0.25) is 4.79 Å². The van der Waals surface area contributed by atoms with Gasteiger partial charge in [-0.2, -0.15) is 0 Å². The van der Waals surface area contributed by atoms with Crippen molar-refractivity contribution < 1.29 is 42.9 Å². The molecule has 0 amide bonds. The fourth-order valence-corrected chi connectivity index (χ4v) is 2.72. The monoisotopic (exact) mass is 453 g/mol. The minimum Gasteiger partial charge on any atom is -0.481 e.